The van der Waals surface area contributed by atoms with Crippen LogP contribution in [0.25, 0.3) is 0 Å². The Morgan fingerprint density at radius 1 is 1.14 bits per heavy atom. The molecule has 1 aromatic carbocycles. The van der Waals surface area contributed by atoms with E-state index in [-0.39, 0.29) is 36.3 Å². The number of nitrogens with one attached hydrogen (secondary N) is 3. The van der Waals surface area contributed by atoms with Crippen LogP contribution in [-0.2, 0) is 9.53 Å². The van der Waals surface area contributed by atoms with Crippen molar-refractivity contribution in [2.24, 2.45) is 5.92 Å². The summed E-state index contributed by atoms with van der Waals surface area (Å²) < 4.78 is 19.6. The normalized spacial score (nSPS) is 24.8. The zero-order valence-electron chi connectivity index (χ0n) is 16.5. The Morgan fingerprint density at radius 2 is 1.90 bits per heavy atom. The van der Waals surface area contributed by atoms with Gasteiger partial charge in [-0.3, -0.25) is 4.79 Å². The molecule has 4 N–H and O–H groups in total. The predicted octanol–water partition coefficient (Wildman–Crippen LogP) is 2.55. The zero-order chi connectivity index (χ0) is 20.6. The number of anilines is 1. The lowest BCUT2D eigenvalue weighted by atomic mass is 9.97. The van der Waals surface area contributed by atoms with Gasteiger partial charge < -0.3 is 25.8 Å². The maximum atomic E-state index is 13.7. The van der Waals surface area contributed by atoms with Gasteiger partial charge in [0.15, 0.2) is 0 Å². The number of carbonyl (C=O) groups excluding carboxylic acids is 2. The summed E-state index contributed by atoms with van der Waals surface area (Å²) >= 11 is 0. The molecule has 1 aliphatic carbocycles. The van der Waals surface area contributed by atoms with Crippen LogP contribution in [0.2, 0.25) is 0 Å². The number of hydrogen-bond donors (Lipinski definition) is 4. The van der Waals surface area contributed by atoms with Crippen LogP contribution < -0.4 is 16.0 Å². The average molecular weight is 407 g/mol. The number of aliphatic hydroxyl groups excluding tert-OH is 1. The molecule has 0 aromatic heterocycles. The van der Waals surface area contributed by atoms with Crippen molar-refractivity contribution in [3.63, 3.8) is 0 Å². The van der Waals surface area contributed by atoms with Crippen molar-refractivity contribution in [1.29, 1.82) is 0 Å². The van der Waals surface area contributed by atoms with Gasteiger partial charge in [-0.2, -0.15) is 0 Å². The molecule has 1 aromatic rings. The van der Waals surface area contributed by atoms with Crippen molar-refractivity contribution in [3.05, 3.63) is 30.1 Å². The van der Waals surface area contributed by atoms with Crippen molar-refractivity contribution in [3.8, 4) is 0 Å². The molecule has 3 amide bonds. The van der Waals surface area contributed by atoms with Gasteiger partial charge in [-0.25, -0.2) is 9.18 Å². The molecular weight excluding hydrogens is 377 g/mol. The first-order valence-electron chi connectivity index (χ1n) is 10.4. The van der Waals surface area contributed by atoms with Crippen LogP contribution in [0.5, 0.6) is 0 Å². The lowest BCUT2D eigenvalue weighted by Gasteiger charge is -2.36. The van der Waals surface area contributed by atoms with E-state index >= 15 is 0 Å². The Hall–Kier alpha value is -2.19. The Balaban J connectivity index is 1.41. The largest absolute Gasteiger partial charge is 0.394 e. The number of para-hydroxylation sites is 1. The minimum Gasteiger partial charge on any atom is -0.394 e. The molecule has 1 heterocycles. The Morgan fingerprint density at radius 3 is 2.62 bits per heavy atom. The van der Waals surface area contributed by atoms with Crippen LogP contribution in [0.3, 0.4) is 0 Å². The highest BCUT2D eigenvalue weighted by atomic mass is 19.1. The fourth-order valence-corrected chi connectivity index (χ4v) is 4.09. The molecule has 0 bridgehead atoms. The highest BCUT2D eigenvalue weighted by Gasteiger charge is 2.32. The van der Waals surface area contributed by atoms with Gasteiger partial charge in [0.05, 0.1) is 24.4 Å². The maximum Gasteiger partial charge on any atom is 0.319 e. The summed E-state index contributed by atoms with van der Waals surface area (Å²) in [7, 11) is 0. The summed E-state index contributed by atoms with van der Waals surface area (Å²) in [5.74, 6) is -0.239. The van der Waals surface area contributed by atoms with E-state index in [0.717, 1.165) is 25.7 Å². The van der Waals surface area contributed by atoms with Crippen LogP contribution in [-0.4, -0.2) is 48.4 Å². The second kappa shape index (κ2) is 10.5. The molecule has 29 heavy (non-hydrogen) atoms. The lowest BCUT2D eigenvalue weighted by Crippen LogP contribution is -2.52. The Labute approximate surface area is 170 Å². The third kappa shape index (κ3) is 6.14. The van der Waals surface area contributed by atoms with Crippen molar-refractivity contribution in [1.82, 2.24) is 10.6 Å². The molecule has 1 saturated carbocycles. The standard InChI is InChI=1S/C21H30FN3O4/c22-16-7-3-4-8-17(16)24-21(28)25-18-10-9-15(29-19(18)13-26)11-12-23-20(27)14-5-1-2-6-14/h3-4,7-8,14-15,18-19,26H,1-2,5-6,9-13H2,(H,23,27)(H2,24,25,28)/t15-,18+,19-/m1/s1. The molecule has 2 fully saturated rings. The number of benzene rings is 1. The van der Waals surface area contributed by atoms with E-state index in [9.17, 15) is 19.1 Å². The number of carbonyl (C=O) groups is 2. The summed E-state index contributed by atoms with van der Waals surface area (Å²) in [6.07, 6.45) is 5.60. The summed E-state index contributed by atoms with van der Waals surface area (Å²) in [4.78, 5) is 24.3. The van der Waals surface area contributed by atoms with Crippen LogP contribution in [0.4, 0.5) is 14.9 Å². The van der Waals surface area contributed by atoms with Crippen LogP contribution >= 0.6 is 0 Å². The third-order valence-corrected chi connectivity index (χ3v) is 5.73. The molecule has 8 heteroatoms. The molecule has 0 unspecified atom stereocenters. The number of urea groups is 1. The summed E-state index contributed by atoms with van der Waals surface area (Å²) in [6, 6.07) is 5.03. The quantitative estimate of drug-likeness (QED) is 0.558. The molecule has 3 rings (SSSR count). The molecule has 160 valence electrons. The Kier molecular flexibility index (Phi) is 7.83. The Bertz CT molecular complexity index is 696. The molecule has 0 radical (unpaired) electrons. The number of aliphatic hydroxyl groups is 1. The maximum absolute atomic E-state index is 13.7. The number of halogens is 1. The number of rotatable bonds is 7. The summed E-state index contributed by atoms with van der Waals surface area (Å²) in [6.45, 7) is 0.319. The highest BCUT2D eigenvalue weighted by molar-refractivity contribution is 5.89. The zero-order valence-corrected chi connectivity index (χ0v) is 16.5. The minimum absolute atomic E-state index is 0.0799. The van der Waals surface area contributed by atoms with Crippen molar-refractivity contribution >= 4 is 17.6 Å². The highest BCUT2D eigenvalue weighted by Crippen LogP contribution is 2.25. The molecule has 2 aliphatic rings. The average Bonchev–Trinajstić information content (AvgIpc) is 3.25. The number of hydrogen-bond acceptors (Lipinski definition) is 4. The topological polar surface area (TPSA) is 99.7 Å². The monoisotopic (exact) mass is 407 g/mol. The number of amides is 3. The van der Waals surface area contributed by atoms with E-state index in [2.05, 4.69) is 16.0 Å². The van der Waals surface area contributed by atoms with E-state index in [1.54, 1.807) is 12.1 Å². The van der Waals surface area contributed by atoms with Gasteiger partial charge in [0, 0.05) is 12.5 Å². The van der Waals surface area contributed by atoms with Gasteiger partial charge in [-0.1, -0.05) is 25.0 Å². The van der Waals surface area contributed by atoms with E-state index in [1.165, 1.54) is 12.1 Å². The third-order valence-electron chi connectivity index (χ3n) is 5.73. The second-order valence-electron chi connectivity index (χ2n) is 7.80. The molecule has 1 aliphatic heterocycles. The molecule has 7 nitrogen and oxygen atoms in total. The van der Waals surface area contributed by atoms with Crippen LogP contribution in [0, 0.1) is 11.7 Å². The first-order valence-corrected chi connectivity index (χ1v) is 10.4. The van der Waals surface area contributed by atoms with E-state index in [4.69, 9.17) is 4.74 Å². The van der Waals surface area contributed by atoms with Gasteiger partial charge in [0.25, 0.3) is 0 Å². The van der Waals surface area contributed by atoms with Gasteiger partial charge in [0.2, 0.25) is 5.91 Å². The first kappa shape index (κ1) is 21.5. The summed E-state index contributed by atoms with van der Waals surface area (Å²) in [5, 5.41) is 17.9. The summed E-state index contributed by atoms with van der Waals surface area (Å²) in [5.41, 5.74) is 0.0955. The smallest absolute Gasteiger partial charge is 0.319 e. The molecule has 0 spiro atoms. The lowest BCUT2D eigenvalue weighted by molar-refractivity contribution is -0.125. The fraction of sp³-hybridized carbons (Fsp3) is 0.619. The predicted molar refractivity (Wildman–Crippen MR) is 107 cm³/mol. The van der Waals surface area contributed by atoms with Gasteiger partial charge in [0.1, 0.15) is 11.9 Å². The SMILES string of the molecule is O=C(Nc1ccccc1F)N[C@H]1CC[C@H](CCNC(=O)C2CCCC2)O[C@@H]1CO. The molecule has 3 atom stereocenters. The van der Waals surface area contributed by atoms with Gasteiger partial charge in [-0.05, 0) is 44.2 Å². The van der Waals surface area contributed by atoms with E-state index in [0.29, 0.717) is 25.8 Å². The molecular formula is C21H30FN3O4. The van der Waals surface area contributed by atoms with Crippen LogP contribution in [0.1, 0.15) is 44.9 Å². The van der Waals surface area contributed by atoms with Crippen molar-refractivity contribution in [2.75, 3.05) is 18.5 Å². The first-order chi connectivity index (χ1) is 14.1. The van der Waals surface area contributed by atoms with Gasteiger partial charge >= 0.3 is 6.03 Å². The minimum atomic E-state index is -0.538. The van der Waals surface area contributed by atoms with Crippen molar-refractivity contribution in [2.45, 2.75) is 63.2 Å². The fourth-order valence-electron chi connectivity index (χ4n) is 4.09. The van der Waals surface area contributed by atoms with Crippen molar-refractivity contribution < 1.29 is 23.8 Å². The molecule has 1 saturated heterocycles. The number of ether oxygens (including phenoxy) is 1. The van der Waals surface area contributed by atoms with Crippen LogP contribution in [0.15, 0.2) is 24.3 Å². The van der Waals surface area contributed by atoms with E-state index < -0.39 is 18.0 Å². The van der Waals surface area contributed by atoms with E-state index in [1.807, 2.05) is 0 Å². The van der Waals surface area contributed by atoms with Gasteiger partial charge in [-0.15, -0.1) is 0 Å². The second-order valence-corrected chi connectivity index (χ2v) is 7.80.